The number of amidine groups is 1. The minimum Gasteiger partial charge on any atom is -0.504 e. The number of carbonyl (C=O) groups is 1. The highest BCUT2D eigenvalue weighted by Gasteiger charge is 2.34. The van der Waals surface area contributed by atoms with Crippen molar-refractivity contribution in [1.82, 2.24) is 4.90 Å². The van der Waals surface area contributed by atoms with Gasteiger partial charge in [-0.25, -0.2) is 0 Å². The zero-order valence-corrected chi connectivity index (χ0v) is 18.2. The van der Waals surface area contributed by atoms with Crippen LogP contribution in [-0.2, 0) is 14.8 Å². The maximum Gasteiger partial charge on any atom is 0.284 e. The number of aromatic hydroxyl groups is 1. The summed E-state index contributed by atoms with van der Waals surface area (Å²) >= 11 is 6.75. The number of phenolic OH excluding ortho intramolecular Hbond substituents is 1. The summed E-state index contributed by atoms with van der Waals surface area (Å²) in [7, 11) is -2.63. The van der Waals surface area contributed by atoms with E-state index in [1.54, 1.807) is 18.2 Å². The third kappa shape index (κ3) is 4.69. The molecule has 1 fully saturated rings. The summed E-state index contributed by atoms with van der Waals surface area (Å²) in [6.45, 7) is 3.71. The van der Waals surface area contributed by atoms with Crippen LogP contribution in [0.3, 0.4) is 0 Å². The molecule has 1 aliphatic heterocycles. The number of ether oxygens (including phenoxy) is 1. The van der Waals surface area contributed by atoms with Crippen LogP contribution in [0.4, 0.5) is 0 Å². The number of benzene rings is 2. The summed E-state index contributed by atoms with van der Waals surface area (Å²) in [5.41, 5.74) is 0.598. The number of amides is 1. The van der Waals surface area contributed by atoms with Crippen LogP contribution in [0, 0.1) is 0 Å². The molecule has 1 N–H and O–H groups in total. The average Bonchev–Trinajstić information content (AvgIpc) is 2.98. The van der Waals surface area contributed by atoms with Crippen LogP contribution < -0.4 is 4.74 Å². The van der Waals surface area contributed by atoms with E-state index in [-0.39, 0.29) is 33.0 Å². The molecule has 0 radical (unpaired) electrons. The lowest BCUT2D eigenvalue weighted by molar-refractivity contribution is -0.121. The Morgan fingerprint density at radius 2 is 1.97 bits per heavy atom. The monoisotopic (exact) mass is 464 g/mol. The maximum atomic E-state index is 12.8. The molecular weight excluding hydrogens is 448 g/mol. The molecule has 156 valence electrons. The first-order valence-corrected chi connectivity index (χ1v) is 11.2. The van der Waals surface area contributed by atoms with Crippen LogP contribution >= 0.6 is 23.4 Å². The molecule has 0 aromatic heterocycles. The van der Waals surface area contributed by atoms with Crippen molar-refractivity contribution in [3.05, 3.63) is 70.6 Å². The van der Waals surface area contributed by atoms with Gasteiger partial charge in [-0.05, 0) is 59.8 Å². The highest BCUT2D eigenvalue weighted by Crippen LogP contribution is 2.35. The van der Waals surface area contributed by atoms with E-state index in [0.29, 0.717) is 10.6 Å². The molecule has 0 saturated carbocycles. The van der Waals surface area contributed by atoms with E-state index < -0.39 is 15.9 Å². The maximum absolute atomic E-state index is 12.8. The summed E-state index contributed by atoms with van der Waals surface area (Å²) in [5.74, 6) is -0.186. The van der Waals surface area contributed by atoms with Crippen LogP contribution in [0.15, 0.2) is 69.3 Å². The van der Waals surface area contributed by atoms with Crippen molar-refractivity contribution in [1.29, 1.82) is 0 Å². The van der Waals surface area contributed by atoms with Crippen LogP contribution in [0.5, 0.6) is 11.5 Å². The molecule has 1 heterocycles. The Bertz CT molecular complexity index is 1160. The smallest absolute Gasteiger partial charge is 0.284 e. The van der Waals surface area contributed by atoms with E-state index in [4.69, 9.17) is 16.3 Å². The van der Waals surface area contributed by atoms with E-state index in [2.05, 4.69) is 11.0 Å². The van der Waals surface area contributed by atoms with Gasteiger partial charge in [-0.15, -0.1) is 11.0 Å². The summed E-state index contributed by atoms with van der Waals surface area (Å²) in [6.07, 6.45) is 3.05. The van der Waals surface area contributed by atoms with Gasteiger partial charge in [0.2, 0.25) is 0 Å². The first-order chi connectivity index (χ1) is 14.2. The lowest BCUT2D eigenvalue weighted by atomic mass is 10.2. The van der Waals surface area contributed by atoms with Gasteiger partial charge in [0.15, 0.2) is 16.7 Å². The van der Waals surface area contributed by atoms with Gasteiger partial charge >= 0.3 is 0 Å². The molecule has 0 aliphatic carbocycles. The van der Waals surface area contributed by atoms with E-state index in [1.165, 1.54) is 48.4 Å². The molecule has 7 nitrogen and oxygen atoms in total. The van der Waals surface area contributed by atoms with Crippen molar-refractivity contribution < 1.29 is 23.1 Å². The molecule has 0 spiro atoms. The predicted molar refractivity (Wildman–Crippen MR) is 118 cm³/mol. The lowest BCUT2D eigenvalue weighted by Crippen LogP contribution is -2.29. The molecule has 1 aliphatic rings. The minimum atomic E-state index is -4.05. The Balaban J connectivity index is 1.99. The Kier molecular flexibility index (Phi) is 6.55. The van der Waals surface area contributed by atoms with Gasteiger partial charge in [0, 0.05) is 11.6 Å². The SMILES string of the molecule is C=CCN1C(=O)/C(=C/c2ccc(O)c(OC)c2)SC1=NS(=O)(=O)c1ccc(Cl)cc1. The predicted octanol–water partition coefficient (Wildman–Crippen LogP) is 3.90. The number of rotatable bonds is 6. The van der Waals surface area contributed by atoms with E-state index >= 15 is 0 Å². The fourth-order valence-electron chi connectivity index (χ4n) is 2.56. The zero-order valence-electron chi connectivity index (χ0n) is 15.8. The molecule has 0 atom stereocenters. The molecule has 2 aromatic carbocycles. The average molecular weight is 465 g/mol. The van der Waals surface area contributed by atoms with Gasteiger partial charge in [-0.2, -0.15) is 8.42 Å². The molecule has 1 saturated heterocycles. The molecule has 2 aromatic rings. The lowest BCUT2D eigenvalue weighted by Gasteiger charge is -2.12. The van der Waals surface area contributed by atoms with E-state index in [1.807, 2.05) is 0 Å². The third-order valence-corrected chi connectivity index (χ3v) is 6.67. The number of methoxy groups -OCH3 is 1. The number of carbonyl (C=O) groups excluding carboxylic acids is 1. The third-order valence-electron chi connectivity index (χ3n) is 4.01. The normalized spacial score (nSPS) is 17.0. The first kappa shape index (κ1) is 21.9. The molecule has 1 amide bonds. The van der Waals surface area contributed by atoms with Crippen LogP contribution in [0.1, 0.15) is 5.56 Å². The van der Waals surface area contributed by atoms with Crippen molar-refractivity contribution in [3.63, 3.8) is 0 Å². The summed E-state index contributed by atoms with van der Waals surface area (Å²) in [5, 5.41) is 10.1. The van der Waals surface area contributed by atoms with Gasteiger partial charge in [-0.3, -0.25) is 9.69 Å². The second-order valence-electron chi connectivity index (χ2n) is 6.05. The summed E-state index contributed by atoms with van der Waals surface area (Å²) in [4.78, 5) is 14.3. The number of phenols is 1. The van der Waals surface area contributed by atoms with E-state index in [0.717, 1.165) is 11.8 Å². The fraction of sp³-hybridized carbons (Fsp3) is 0.100. The van der Waals surface area contributed by atoms with Crippen molar-refractivity contribution in [2.24, 2.45) is 4.40 Å². The van der Waals surface area contributed by atoms with Gasteiger partial charge < -0.3 is 9.84 Å². The van der Waals surface area contributed by atoms with Crippen LogP contribution in [0.2, 0.25) is 5.02 Å². The first-order valence-electron chi connectivity index (χ1n) is 8.55. The van der Waals surface area contributed by atoms with Gasteiger partial charge in [0.05, 0.1) is 16.9 Å². The van der Waals surface area contributed by atoms with Gasteiger partial charge in [-0.1, -0.05) is 23.7 Å². The molecule has 30 heavy (non-hydrogen) atoms. The van der Waals surface area contributed by atoms with E-state index in [9.17, 15) is 18.3 Å². The van der Waals surface area contributed by atoms with Crippen LogP contribution in [-0.4, -0.2) is 43.2 Å². The Morgan fingerprint density at radius 3 is 2.60 bits per heavy atom. The molecular formula is C20H17ClN2O5S2. The van der Waals surface area contributed by atoms with Crippen LogP contribution in [0.25, 0.3) is 6.08 Å². The highest BCUT2D eigenvalue weighted by atomic mass is 35.5. The second-order valence-corrected chi connectivity index (χ2v) is 9.10. The fourth-order valence-corrected chi connectivity index (χ4v) is 4.88. The molecule has 10 heteroatoms. The zero-order chi connectivity index (χ0) is 21.9. The number of halogens is 1. The standard InChI is InChI=1S/C20H17ClN2O5S2/c1-3-10-23-19(25)18(12-13-4-9-16(24)17(11-13)28-2)29-20(23)22-30(26,27)15-7-5-14(21)6-8-15/h3-9,11-12,24H,1,10H2,2H3/b18-12-,22-20?. The molecule has 0 bridgehead atoms. The Morgan fingerprint density at radius 1 is 1.27 bits per heavy atom. The highest BCUT2D eigenvalue weighted by molar-refractivity contribution is 8.19. The van der Waals surface area contributed by atoms with Crippen molar-refractivity contribution in [2.75, 3.05) is 13.7 Å². The number of nitrogens with zero attached hydrogens (tertiary/aromatic N) is 2. The topological polar surface area (TPSA) is 96.3 Å². The Labute approximate surface area is 183 Å². The van der Waals surface area contributed by atoms with Gasteiger partial charge in [0.1, 0.15) is 0 Å². The van der Waals surface area contributed by atoms with Crippen molar-refractivity contribution >= 4 is 50.5 Å². The summed E-state index contributed by atoms with van der Waals surface area (Å²) in [6, 6.07) is 10.2. The number of hydrogen-bond acceptors (Lipinski definition) is 6. The van der Waals surface area contributed by atoms with Crippen molar-refractivity contribution in [3.8, 4) is 11.5 Å². The molecule has 3 rings (SSSR count). The van der Waals surface area contributed by atoms with Gasteiger partial charge in [0.25, 0.3) is 15.9 Å². The quantitative estimate of drug-likeness (QED) is 0.514. The minimum absolute atomic E-state index is 0.0202. The largest absolute Gasteiger partial charge is 0.504 e. The number of sulfonamides is 1. The summed E-state index contributed by atoms with van der Waals surface area (Å²) < 4.78 is 34.3. The number of hydrogen-bond donors (Lipinski definition) is 1. The van der Waals surface area contributed by atoms with Crippen molar-refractivity contribution in [2.45, 2.75) is 4.90 Å². The Hall–Kier alpha value is -2.75. The second kappa shape index (κ2) is 8.95. The number of thioether (sulfide) groups is 1. The molecule has 0 unspecified atom stereocenters.